The predicted molar refractivity (Wildman–Crippen MR) is 49.2 cm³/mol. The van der Waals surface area contributed by atoms with Crippen LogP contribution in [0.15, 0.2) is 30.6 Å². The summed E-state index contributed by atoms with van der Waals surface area (Å²) in [7, 11) is -4.13. The molecule has 15 heavy (non-hydrogen) atoms. The van der Waals surface area contributed by atoms with E-state index in [1.54, 1.807) is 24.3 Å². The Labute approximate surface area is 86.9 Å². The van der Waals surface area contributed by atoms with Gasteiger partial charge in [-0.1, -0.05) is 6.07 Å². The monoisotopic (exact) mass is 229 g/mol. The molecule has 1 unspecified atom stereocenters. The second kappa shape index (κ2) is 5.47. The topological polar surface area (TPSA) is 83.4 Å². The minimum absolute atomic E-state index is 0.0351. The molecule has 0 spiro atoms. The molecular formula is C8H10N2O4P+. The van der Waals surface area contributed by atoms with Crippen LogP contribution in [0.3, 0.4) is 0 Å². The van der Waals surface area contributed by atoms with Gasteiger partial charge in [-0.25, -0.2) is 4.57 Å². The molecule has 6 nitrogen and oxygen atoms in total. The number of phosphoric ester groups is 1. The van der Waals surface area contributed by atoms with Crippen LogP contribution in [0.25, 0.3) is 0 Å². The lowest BCUT2D eigenvalue weighted by Gasteiger charge is -2.05. The maximum atomic E-state index is 11.2. The maximum absolute atomic E-state index is 11.2. The summed E-state index contributed by atoms with van der Waals surface area (Å²) in [5.74, 6) is 0. The van der Waals surface area contributed by atoms with E-state index in [0.29, 0.717) is 0 Å². The van der Waals surface area contributed by atoms with Crippen LogP contribution in [-0.4, -0.2) is 11.5 Å². The molecule has 0 saturated carbocycles. The lowest BCUT2D eigenvalue weighted by atomic mass is 10.5. The molecule has 0 fully saturated rings. The fourth-order valence-corrected chi connectivity index (χ4v) is 1.50. The molecule has 0 aliphatic heterocycles. The molecule has 0 aromatic carbocycles. The molecule has 1 aromatic heterocycles. The quantitative estimate of drug-likeness (QED) is 0.449. The third kappa shape index (κ3) is 4.56. The molecule has 1 atom stereocenters. The number of phosphoric acid groups is 1. The molecule has 0 saturated heterocycles. The van der Waals surface area contributed by atoms with E-state index in [1.807, 2.05) is 0 Å². The van der Waals surface area contributed by atoms with Gasteiger partial charge in [0.25, 0.3) is 0 Å². The smallest absolute Gasteiger partial charge is 0.289 e. The van der Waals surface area contributed by atoms with Crippen LogP contribution in [0.1, 0.15) is 6.42 Å². The molecule has 0 amide bonds. The normalized spacial score (nSPS) is 13.9. The first-order chi connectivity index (χ1) is 7.14. The summed E-state index contributed by atoms with van der Waals surface area (Å²) in [5, 5.41) is 8.21. The van der Waals surface area contributed by atoms with Gasteiger partial charge in [0, 0.05) is 16.9 Å². The van der Waals surface area contributed by atoms with Crippen LogP contribution in [0.5, 0.6) is 0 Å². The van der Waals surface area contributed by atoms with Crippen molar-refractivity contribution in [3.8, 4) is 6.07 Å². The second-order valence-corrected chi connectivity index (χ2v) is 3.89. The standard InChI is InChI=1S/C8H9N2O4P/c9-5-4-8-13-15(11,12)14-10-6-2-1-3-7-10/h1-3,6-7H,4,8H2/p+1. The molecular weight excluding hydrogens is 219 g/mol. The fraction of sp³-hybridized carbons (Fsp3) is 0.250. The second-order valence-electron chi connectivity index (χ2n) is 2.53. The number of aromatic nitrogens is 1. The molecule has 1 N–H and O–H groups in total. The lowest BCUT2D eigenvalue weighted by molar-refractivity contribution is -0.861. The molecule has 1 rings (SSSR count). The number of hydrogen-bond donors (Lipinski definition) is 1. The van der Waals surface area contributed by atoms with E-state index < -0.39 is 7.82 Å². The Morgan fingerprint density at radius 1 is 1.40 bits per heavy atom. The third-order valence-corrected chi connectivity index (χ3v) is 2.26. The van der Waals surface area contributed by atoms with E-state index in [-0.39, 0.29) is 13.0 Å². The molecule has 0 aliphatic rings. The number of nitriles is 1. The van der Waals surface area contributed by atoms with Crippen molar-refractivity contribution >= 4 is 7.82 Å². The van der Waals surface area contributed by atoms with Gasteiger partial charge < -0.3 is 0 Å². The van der Waals surface area contributed by atoms with E-state index in [9.17, 15) is 9.46 Å². The molecule has 80 valence electrons. The van der Waals surface area contributed by atoms with Gasteiger partial charge in [-0.3, -0.25) is 9.42 Å². The van der Waals surface area contributed by atoms with Crippen molar-refractivity contribution < 1.29 is 23.3 Å². The van der Waals surface area contributed by atoms with Gasteiger partial charge in [0.2, 0.25) is 12.4 Å². The zero-order chi connectivity index (χ0) is 11.1. The average molecular weight is 229 g/mol. The van der Waals surface area contributed by atoms with Gasteiger partial charge in [0.05, 0.1) is 19.1 Å². The molecule has 0 radical (unpaired) electrons. The van der Waals surface area contributed by atoms with Crippen molar-refractivity contribution in [2.24, 2.45) is 0 Å². The van der Waals surface area contributed by atoms with E-state index in [0.717, 1.165) is 4.73 Å². The van der Waals surface area contributed by atoms with Crippen LogP contribution in [0, 0.1) is 11.3 Å². The van der Waals surface area contributed by atoms with Crippen molar-refractivity contribution in [2.45, 2.75) is 6.42 Å². The highest BCUT2D eigenvalue weighted by atomic mass is 31.2. The van der Waals surface area contributed by atoms with Crippen molar-refractivity contribution in [1.29, 1.82) is 5.26 Å². The highest BCUT2D eigenvalue weighted by Crippen LogP contribution is 2.37. The van der Waals surface area contributed by atoms with Crippen molar-refractivity contribution in [2.75, 3.05) is 6.61 Å². The van der Waals surface area contributed by atoms with Gasteiger partial charge in [-0.15, -0.1) is 0 Å². The molecule has 1 aromatic rings. The van der Waals surface area contributed by atoms with E-state index in [2.05, 4.69) is 9.15 Å². The third-order valence-electron chi connectivity index (χ3n) is 1.35. The van der Waals surface area contributed by atoms with Gasteiger partial charge in [-0.2, -0.15) is 9.89 Å². The SMILES string of the molecule is N#CCCOP(=O)(O)O[n+]1ccccc1. The number of rotatable bonds is 5. The van der Waals surface area contributed by atoms with Gasteiger partial charge in [0.15, 0.2) is 0 Å². The van der Waals surface area contributed by atoms with Gasteiger partial charge in [-0.05, 0) is 0 Å². The van der Waals surface area contributed by atoms with E-state index in [4.69, 9.17) is 5.26 Å². The van der Waals surface area contributed by atoms with Crippen LogP contribution in [0.2, 0.25) is 0 Å². The average Bonchev–Trinajstić information content (AvgIpc) is 2.18. The van der Waals surface area contributed by atoms with Crippen molar-refractivity contribution in [3.05, 3.63) is 30.6 Å². The fourth-order valence-electron chi connectivity index (χ4n) is 0.787. The minimum atomic E-state index is -4.13. The highest BCUT2D eigenvalue weighted by Gasteiger charge is 2.28. The van der Waals surface area contributed by atoms with Gasteiger partial charge in [0.1, 0.15) is 0 Å². The maximum Gasteiger partial charge on any atom is 0.583 e. The summed E-state index contributed by atoms with van der Waals surface area (Å²) in [4.78, 5) is 9.18. The van der Waals surface area contributed by atoms with Crippen LogP contribution >= 0.6 is 7.82 Å². The number of hydrogen-bond acceptors (Lipinski definition) is 4. The number of nitrogens with zero attached hydrogens (tertiary/aromatic N) is 2. The van der Waals surface area contributed by atoms with Crippen molar-refractivity contribution in [1.82, 2.24) is 0 Å². The zero-order valence-corrected chi connectivity index (χ0v) is 8.71. The summed E-state index contributed by atoms with van der Waals surface area (Å²) < 4.78 is 21.5. The summed E-state index contributed by atoms with van der Waals surface area (Å²) in [6.07, 6.45) is 2.94. The minimum Gasteiger partial charge on any atom is -0.289 e. The Kier molecular flexibility index (Phi) is 4.25. The Bertz CT molecular complexity index is 389. The molecule has 1 heterocycles. The molecule has 7 heteroatoms. The molecule has 0 aliphatic carbocycles. The van der Waals surface area contributed by atoms with Crippen LogP contribution in [0.4, 0.5) is 0 Å². The zero-order valence-electron chi connectivity index (χ0n) is 7.81. The van der Waals surface area contributed by atoms with E-state index >= 15 is 0 Å². The Morgan fingerprint density at radius 3 is 2.67 bits per heavy atom. The Balaban J connectivity index is 2.50. The Hall–Kier alpha value is -1.41. The first kappa shape index (κ1) is 11.7. The Morgan fingerprint density at radius 2 is 2.07 bits per heavy atom. The predicted octanol–water partition coefficient (Wildman–Crippen LogP) is 0.433. The molecule has 0 bridgehead atoms. The van der Waals surface area contributed by atoms with Gasteiger partial charge >= 0.3 is 7.82 Å². The van der Waals surface area contributed by atoms with E-state index in [1.165, 1.54) is 12.4 Å². The first-order valence-electron chi connectivity index (χ1n) is 4.15. The lowest BCUT2D eigenvalue weighted by Crippen LogP contribution is -2.40. The summed E-state index contributed by atoms with van der Waals surface area (Å²) in [5.41, 5.74) is 0. The van der Waals surface area contributed by atoms with Crippen LogP contribution in [-0.2, 0) is 9.09 Å². The summed E-state index contributed by atoms with van der Waals surface area (Å²) in [6, 6.07) is 6.79. The van der Waals surface area contributed by atoms with Crippen LogP contribution < -0.4 is 9.35 Å². The largest absolute Gasteiger partial charge is 0.583 e. The summed E-state index contributed by atoms with van der Waals surface area (Å²) >= 11 is 0. The van der Waals surface area contributed by atoms with Crippen molar-refractivity contribution in [3.63, 3.8) is 0 Å². The highest BCUT2D eigenvalue weighted by molar-refractivity contribution is 7.47. The first-order valence-corrected chi connectivity index (χ1v) is 5.64. The number of pyridine rings is 1. The summed E-state index contributed by atoms with van der Waals surface area (Å²) in [6.45, 7) is -0.141.